The van der Waals surface area contributed by atoms with Crippen molar-refractivity contribution in [2.45, 2.75) is 31.8 Å². The van der Waals surface area contributed by atoms with Crippen LogP contribution in [-0.4, -0.2) is 42.2 Å². The second-order valence-electron chi connectivity index (χ2n) is 5.12. The largest absolute Gasteiger partial charge is 0.490 e. The van der Waals surface area contributed by atoms with Gasteiger partial charge < -0.3 is 14.7 Å². The molecule has 5 heteroatoms. The summed E-state index contributed by atoms with van der Waals surface area (Å²) in [5.41, 5.74) is 0.459. The lowest BCUT2D eigenvalue weighted by molar-refractivity contribution is 0.0759. The van der Waals surface area contributed by atoms with E-state index in [2.05, 4.69) is 0 Å². The Balaban J connectivity index is 2.20. The van der Waals surface area contributed by atoms with Gasteiger partial charge in [-0.15, -0.1) is 0 Å². The van der Waals surface area contributed by atoms with Crippen LogP contribution in [0.5, 0.6) is 5.75 Å². The van der Waals surface area contributed by atoms with Crippen molar-refractivity contribution in [3.63, 3.8) is 0 Å². The van der Waals surface area contributed by atoms with E-state index in [1.165, 1.54) is 17.7 Å². The van der Waals surface area contributed by atoms with Gasteiger partial charge in [0.15, 0.2) is 0 Å². The number of hydrogen-bond acceptors (Lipinski definition) is 3. The summed E-state index contributed by atoms with van der Waals surface area (Å²) in [7, 11) is 1.65. The average Bonchev–Trinajstić information content (AvgIpc) is 2.93. The van der Waals surface area contributed by atoms with Gasteiger partial charge in [0.05, 0.1) is 18.3 Å². The maximum absolute atomic E-state index is 12.4. The Hall–Kier alpha value is -1.26. The highest BCUT2D eigenvalue weighted by Gasteiger charge is 2.22. The minimum Gasteiger partial charge on any atom is -0.490 e. The van der Waals surface area contributed by atoms with E-state index in [-0.39, 0.29) is 25.2 Å². The molecule has 1 aromatic carbocycles. The smallest absolute Gasteiger partial charge is 0.257 e. The van der Waals surface area contributed by atoms with Gasteiger partial charge in [-0.05, 0) is 43.9 Å². The molecule has 1 amide bonds. The maximum Gasteiger partial charge on any atom is 0.257 e. The van der Waals surface area contributed by atoms with Crippen LogP contribution in [-0.2, 0) is 0 Å². The van der Waals surface area contributed by atoms with Crippen LogP contribution in [0.15, 0.2) is 18.2 Å². The average molecular weight is 298 g/mol. The SMILES string of the molecule is CN(CCO)C(=O)c1cc(Cl)ccc1OC1CCCC1. The number of carbonyl (C=O) groups excluding carboxylic acids is 1. The molecule has 1 N–H and O–H groups in total. The van der Waals surface area contributed by atoms with Crippen LogP contribution in [0.1, 0.15) is 36.0 Å². The summed E-state index contributed by atoms with van der Waals surface area (Å²) in [6, 6.07) is 5.11. The molecule has 4 nitrogen and oxygen atoms in total. The highest BCUT2D eigenvalue weighted by Crippen LogP contribution is 2.29. The molecule has 0 spiro atoms. The molecule has 0 aromatic heterocycles. The zero-order valence-corrected chi connectivity index (χ0v) is 12.4. The number of carbonyl (C=O) groups is 1. The summed E-state index contributed by atoms with van der Waals surface area (Å²) in [5.74, 6) is 0.394. The first-order valence-corrected chi connectivity index (χ1v) is 7.32. The highest BCUT2D eigenvalue weighted by molar-refractivity contribution is 6.31. The minimum absolute atomic E-state index is 0.0678. The number of benzene rings is 1. The van der Waals surface area contributed by atoms with Crippen molar-refractivity contribution in [3.05, 3.63) is 28.8 Å². The Morgan fingerprint density at radius 1 is 1.45 bits per heavy atom. The second kappa shape index (κ2) is 6.95. The molecular formula is C15H20ClNO3. The number of rotatable bonds is 5. The van der Waals surface area contributed by atoms with Gasteiger partial charge in [0.1, 0.15) is 5.75 Å². The van der Waals surface area contributed by atoms with Crippen LogP contribution in [0.4, 0.5) is 0 Å². The molecule has 1 fully saturated rings. The Bertz CT molecular complexity index is 472. The normalized spacial score (nSPS) is 15.3. The number of nitrogens with zero attached hydrogens (tertiary/aromatic N) is 1. The molecule has 110 valence electrons. The first-order chi connectivity index (χ1) is 9.61. The molecule has 1 aliphatic rings. The lowest BCUT2D eigenvalue weighted by atomic mass is 10.1. The monoisotopic (exact) mass is 297 g/mol. The summed E-state index contributed by atoms with van der Waals surface area (Å²) in [4.78, 5) is 13.8. The Labute approximate surface area is 124 Å². The van der Waals surface area contributed by atoms with Crippen LogP contribution in [0.2, 0.25) is 5.02 Å². The maximum atomic E-state index is 12.4. The predicted molar refractivity (Wildman–Crippen MR) is 78.4 cm³/mol. The zero-order chi connectivity index (χ0) is 14.5. The standard InChI is InChI=1S/C15H20ClNO3/c1-17(8-9-18)15(19)13-10-11(16)6-7-14(13)20-12-4-2-3-5-12/h6-7,10,12,18H,2-5,8-9H2,1H3. The first kappa shape index (κ1) is 15.1. The quantitative estimate of drug-likeness (QED) is 0.909. The van der Waals surface area contributed by atoms with Gasteiger partial charge in [-0.25, -0.2) is 0 Å². The van der Waals surface area contributed by atoms with Gasteiger partial charge in [0.25, 0.3) is 5.91 Å². The number of hydrogen-bond donors (Lipinski definition) is 1. The van der Waals surface area contributed by atoms with Crippen LogP contribution < -0.4 is 4.74 Å². The van der Waals surface area contributed by atoms with Crippen molar-refractivity contribution in [2.24, 2.45) is 0 Å². The van der Waals surface area contributed by atoms with Crippen molar-refractivity contribution < 1.29 is 14.6 Å². The van der Waals surface area contributed by atoms with E-state index in [1.807, 2.05) is 0 Å². The molecule has 1 aromatic rings. The van der Waals surface area contributed by atoms with Gasteiger partial charge in [-0.3, -0.25) is 4.79 Å². The Morgan fingerprint density at radius 3 is 2.80 bits per heavy atom. The molecule has 0 aliphatic heterocycles. The lowest BCUT2D eigenvalue weighted by Crippen LogP contribution is -2.30. The van der Waals surface area contributed by atoms with E-state index >= 15 is 0 Å². The molecule has 0 unspecified atom stereocenters. The topological polar surface area (TPSA) is 49.8 Å². The van der Waals surface area contributed by atoms with Crippen molar-refractivity contribution >= 4 is 17.5 Å². The van der Waals surface area contributed by atoms with Gasteiger partial charge in [-0.1, -0.05) is 11.6 Å². The fraction of sp³-hybridized carbons (Fsp3) is 0.533. The number of aliphatic hydroxyl groups is 1. The van der Waals surface area contributed by atoms with E-state index < -0.39 is 0 Å². The van der Waals surface area contributed by atoms with Gasteiger partial charge >= 0.3 is 0 Å². The number of amides is 1. The Kier molecular flexibility index (Phi) is 5.26. The summed E-state index contributed by atoms with van der Waals surface area (Å²) in [5, 5.41) is 9.44. The van der Waals surface area contributed by atoms with E-state index in [9.17, 15) is 4.79 Å². The summed E-state index contributed by atoms with van der Waals surface area (Å²) >= 11 is 5.98. The third-order valence-electron chi connectivity index (χ3n) is 3.55. The Morgan fingerprint density at radius 2 is 2.15 bits per heavy atom. The number of halogens is 1. The minimum atomic E-state index is -0.186. The summed E-state index contributed by atoms with van der Waals surface area (Å²) in [6.07, 6.45) is 4.59. The first-order valence-electron chi connectivity index (χ1n) is 6.94. The molecule has 0 bridgehead atoms. The van der Waals surface area contributed by atoms with Crippen LogP contribution >= 0.6 is 11.6 Å². The molecule has 1 saturated carbocycles. The summed E-state index contributed by atoms with van der Waals surface area (Å²) in [6.45, 7) is 0.218. The molecule has 2 rings (SSSR count). The third-order valence-corrected chi connectivity index (χ3v) is 3.79. The van der Waals surface area contributed by atoms with Gasteiger partial charge in [0.2, 0.25) is 0 Å². The fourth-order valence-corrected chi connectivity index (χ4v) is 2.59. The van der Waals surface area contributed by atoms with Crippen LogP contribution in [0.25, 0.3) is 0 Å². The zero-order valence-electron chi connectivity index (χ0n) is 11.6. The van der Waals surface area contributed by atoms with E-state index in [0.717, 1.165) is 12.8 Å². The van der Waals surface area contributed by atoms with Gasteiger partial charge in [0, 0.05) is 18.6 Å². The van der Waals surface area contributed by atoms with Crippen molar-refractivity contribution in [1.29, 1.82) is 0 Å². The molecular weight excluding hydrogens is 278 g/mol. The van der Waals surface area contributed by atoms with Crippen LogP contribution in [0, 0.1) is 0 Å². The fourth-order valence-electron chi connectivity index (χ4n) is 2.42. The molecule has 0 radical (unpaired) electrons. The highest BCUT2D eigenvalue weighted by atomic mass is 35.5. The van der Waals surface area contributed by atoms with Crippen LogP contribution in [0.3, 0.4) is 0 Å². The lowest BCUT2D eigenvalue weighted by Gasteiger charge is -2.20. The predicted octanol–water partition coefficient (Wildman–Crippen LogP) is 2.73. The van der Waals surface area contributed by atoms with Crippen molar-refractivity contribution in [1.82, 2.24) is 4.90 Å². The van der Waals surface area contributed by atoms with E-state index in [0.29, 0.717) is 16.3 Å². The molecule has 20 heavy (non-hydrogen) atoms. The van der Waals surface area contributed by atoms with E-state index in [4.69, 9.17) is 21.4 Å². The van der Waals surface area contributed by atoms with Crippen molar-refractivity contribution in [3.8, 4) is 5.75 Å². The van der Waals surface area contributed by atoms with E-state index in [1.54, 1.807) is 25.2 Å². The number of ether oxygens (including phenoxy) is 1. The number of aliphatic hydroxyl groups excluding tert-OH is 1. The molecule has 0 heterocycles. The second-order valence-corrected chi connectivity index (χ2v) is 5.55. The summed E-state index contributed by atoms with van der Waals surface area (Å²) < 4.78 is 5.94. The van der Waals surface area contributed by atoms with Crippen molar-refractivity contribution in [2.75, 3.05) is 20.2 Å². The third kappa shape index (κ3) is 3.64. The molecule has 0 atom stereocenters. The van der Waals surface area contributed by atoms with Gasteiger partial charge in [-0.2, -0.15) is 0 Å². The molecule has 0 saturated heterocycles. The number of likely N-dealkylation sites (N-methyl/N-ethyl adjacent to an activating group) is 1. The molecule has 1 aliphatic carbocycles.